The van der Waals surface area contributed by atoms with Crippen molar-refractivity contribution in [3.05, 3.63) is 71.0 Å². The van der Waals surface area contributed by atoms with Crippen molar-refractivity contribution in [1.29, 1.82) is 0 Å². The first-order valence-corrected chi connectivity index (χ1v) is 8.74. The third-order valence-electron chi connectivity index (χ3n) is 3.67. The molecule has 2 aromatic carbocycles. The van der Waals surface area contributed by atoms with E-state index in [0.717, 1.165) is 11.3 Å². The number of halogens is 1. The summed E-state index contributed by atoms with van der Waals surface area (Å²) in [6.07, 6.45) is 1.67. The molecule has 1 heterocycles. The van der Waals surface area contributed by atoms with Crippen molar-refractivity contribution in [3.63, 3.8) is 0 Å². The fourth-order valence-corrected chi connectivity index (χ4v) is 3.40. The predicted molar refractivity (Wildman–Crippen MR) is 97.2 cm³/mol. The van der Waals surface area contributed by atoms with E-state index in [0.29, 0.717) is 15.7 Å². The molecule has 0 aliphatic heterocycles. The molecule has 122 valence electrons. The fraction of sp³-hybridized carbons (Fsp3) is 0.167. The lowest BCUT2D eigenvalue weighted by Crippen LogP contribution is -2.14. The third-order valence-corrected chi connectivity index (χ3v) is 4.98. The molecule has 24 heavy (non-hydrogen) atoms. The van der Waals surface area contributed by atoms with Crippen LogP contribution < -0.4 is 0 Å². The average molecular weight is 358 g/mol. The van der Waals surface area contributed by atoms with Gasteiger partial charge >= 0.3 is 0 Å². The molecule has 0 radical (unpaired) electrons. The topological polar surface area (TPSA) is 47.8 Å². The number of aromatic nitrogens is 3. The van der Waals surface area contributed by atoms with Gasteiger partial charge in [-0.2, -0.15) is 0 Å². The van der Waals surface area contributed by atoms with Crippen molar-refractivity contribution in [2.24, 2.45) is 0 Å². The molecule has 0 saturated carbocycles. The highest BCUT2D eigenvalue weighted by Crippen LogP contribution is 2.27. The molecular formula is C18H16ClN3OS. The van der Waals surface area contributed by atoms with Crippen LogP contribution in [-0.4, -0.2) is 25.8 Å². The number of benzene rings is 2. The maximum absolute atomic E-state index is 12.6. The van der Waals surface area contributed by atoms with Gasteiger partial charge in [-0.25, -0.2) is 0 Å². The molecule has 0 amide bonds. The van der Waals surface area contributed by atoms with Crippen LogP contribution in [0.4, 0.5) is 0 Å². The number of thioether (sulfide) groups is 1. The normalized spacial score (nSPS) is 12.1. The van der Waals surface area contributed by atoms with Gasteiger partial charge in [-0.05, 0) is 49.7 Å². The van der Waals surface area contributed by atoms with E-state index in [1.54, 1.807) is 30.6 Å². The summed E-state index contributed by atoms with van der Waals surface area (Å²) in [6, 6.07) is 14.9. The van der Waals surface area contributed by atoms with Crippen LogP contribution in [0.2, 0.25) is 5.02 Å². The van der Waals surface area contributed by atoms with Gasteiger partial charge < -0.3 is 0 Å². The Kier molecular flexibility index (Phi) is 5.02. The summed E-state index contributed by atoms with van der Waals surface area (Å²) in [6.45, 7) is 3.91. The zero-order valence-corrected chi connectivity index (χ0v) is 14.9. The van der Waals surface area contributed by atoms with Crippen molar-refractivity contribution in [3.8, 4) is 5.69 Å². The standard InChI is InChI=1S/C18H16ClN3OS/c1-12-5-3-4-6-16(12)22-11-20-21-18(22)24-13(2)17(23)14-7-9-15(19)10-8-14/h3-11,13H,1-2H3/t13-/m1/s1. The van der Waals surface area contributed by atoms with Crippen LogP contribution in [0, 0.1) is 6.92 Å². The number of aryl methyl sites for hydroxylation is 1. The maximum Gasteiger partial charge on any atom is 0.196 e. The molecule has 1 atom stereocenters. The Labute approximate surface area is 149 Å². The molecule has 3 rings (SSSR count). The number of nitrogens with zero attached hydrogens (tertiary/aromatic N) is 3. The first kappa shape index (κ1) is 16.7. The molecular weight excluding hydrogens is 342 g/mol. The highest BCUT2D eigenvalue weighted by Gasteiger charge is 2.20. The van der Waals surface area contributed by atoms with Gasteiger partial charge in [0, 0.05) is 10.6 Å². The predicted octanol–water partition coefficient (Wildman–Crippen LogP) is 4.59. The Bertz CT molecular complexity index is 861. The average Bonchev–Trinajstić information content (AvgIpc) is 3.03. The first-order valence-electron chi connectivity index (χ1n) is 7.48. The van der Waals surface area contributed by atoms with Gasteiger partial charge in [-0.1, -0.05) is 41.6 Å². The highest BCUT2D eigenvalue weighted by atomic mass is 35.5. The summed E-state index contributed by atoms with van der Waals surface area (Å²) in [5.74, 6) is 0.0380. The fourth-order valence-electron chi connectivity index (χ4n) is 2.36. The quantitative estimate of drug-likeness (QED) is 0.495. The van der Waals surface area contributed by atoms with E-state index in [1.165, 1.54) is 11.8 Å². The lowest BCUT2D eigenvalue weighted by Gasteiger charge is -2.12. The lowest BCUT2D eigenvalue weighted by molar-refractivity contribution is 0.0994. The number of para-hydroxylation sites is 1. The first-order chi connectivity index (χ1) is 11.6. The molecule has 0 N–H and O–H groups in total. The molecule has 0 aliphatic rings. The number of hydrogen-bond donors (Lipinski definition) is 0. The minimum Gasteiger partial charge on any atom is -0.293 e. The molecule has 0 aliphatic carbocycles. The van der Waals surface area contributed by atoms with Crippen LogP contribution in [0.5, 0.6) is 0 Å². The Morgan fingerprint density at radius 1 is 1.17 bits per heavy atom. The third kappa shape index (κ3) is 3.52. The summed E-state index contributed by atoms with van der Waals surface area (Å²) in [5.41, 5.74) is 2.77. The highest BCUT2D eigenvalue weighted by molar-refractivity contribution is 8.00. The number of hydrogen-bond acceptors (Lipinski definition) is 4. The molecule has 1 aromatic heterocycles. The maximum atomic E-state index is 12.6. The van der Waals surface area contributed by atoms with Gasteiger partial charge in [0.25, 0.3) is 0 Å². The van der Waals surface area contributed by atoms with Gasteiger partial charge in [-0.3, -0.25) is 9.36 Å². The van der Waals surface area contributed by atoms with E-state index >= 15 is 0 Å². The van der Waals surface area contributed by atoms with Crippen LogP contribution in [0.25, 0.3) is 5.69 Å². The molecule has 4 nitrogen and oxygen atoms in total. The summed E-state index contributed by atoms with van der Waals surface area (Å²) < 4.78 is 1.91. The summed E-state index contributed by atoms with van der Waals surface area (Å²) in [7, 11) is 0. The van der Waals surface area contributed by atoms with Crippen LogP contribution in [0.15, 0.2) is 60.0 Å². The molecule has 0 fully saturated rings. The largest absolute Gasteiger partial charge is 0.293 e. The Hall–Kier alpha value is -2.11. The zero-order chi connectivity index (χ0) is 17.1. The summed E-state index contributed by atoms with van der Waals surface area (Å²) in [5, 5.41) is 9.20. The number of Topliss-reactive ketones (excluding diaryl/α,β-unsaturated/α-hetero) is 1. The van der Waals surface area contributed by atoms with Crippen LogP contribution >= 0.6 is 23.4 Å². The van der Waals surface area contributed by atoms with Crippen molar-refractivity contribution < 1.29 is 4.79 Å². The Morgan fingerprint density at radius 3 is 2.58 bits per heavy atom. The molecule has 3 aromatic rings. The molecule has 0 unspecified atom stereocenters. The van der Waals surface area contributed by atoms with E-state index < -0.39 is 0 Å². The second-order valence-corrected chi connectivity index (χ2v) is 7.15. The summed E-state index contributed by atoms with van der Waals surface area (Å²) >= 11 is 7.27. The van der Waals surface area contributed by atoms with Gasteiger partial charge in [0.15, 0.2) is 10.9 Å². The summed E-state index contributed by atoms with van der Waals surface area (Å²) in [4.78, 5) is 12.6. The van der Waals surface area contributed by atoms with E-state index in [9.17, 15) is 4.79 Å². The van der Waals surface area contributed by atoms with Crippen molar-refractivity contribution in [1.82, 2.24) is 14.8 Å². The van der Waals surface area contributed by atoms with Crippen molar-refractivity contribution in [2.75, 3.05) is 0 Å². The van der Waals surface area contributed by atoms with E-state index in [2.05, 4.69) is 10.2 Å². The smallest absolute Gasteiger partial charge is 0.196 e. The number of rotatable bonds is 5. The molecule has 0 saturated heterocycles. The molecule has 6 heteroatoms. The lowest BCUT2D eigenvalue weighted by atomic mass is 10.1. The molecule has 0 bridgehead atoms. The van der Waals surface area contributed by atoms with E-state index in [1.807, 2.05) is 42.7 Å². The molecule has 0 spiro atoms. The van der Waals surface area contributed by atoms with Crippen LogP contribution in [-0.2, 0) is 0 Å². The van der Waals surface area contributed by atoms with Crippen LogP contribution in [0.1, 0.15) is 22.8 Å². The van der Waals surface area contributed by atoms with Crippen LogP contribution in [0.3, 0.4) is 0 Å². The second-order valence-electron chi connectivity index (χ2n) is 5.40. The Morgan fingerprint density at radius 2 is 1.88 bits per heavy atom. The monoisotopic (exact) mass is 357 g/mol. The minimum absolute atomic E-state index is 0.0380. The number of carbonyl (C=O) groups excluding carboxylic acids is 1. The number of ketones is 1. The zero-order valence-electron chi connectivity index (χ0n) is 13.3. The van der Waals surface area contributed by atoms with E-state index in [4.69, 9.17) is 11.6 Å². The van der Waals surface area contributed by atoms with Crippen molar-refractivity contribution >= 4 is 29.1 Å². The number of carbonyl (C=O) groups is 1. The SMILES string of the molecule is Cc1ccccc1-n1cnnc1S[C@H](C)C(=O)c1ccc(Cl)cc1. The van der Waals surface area contributed by atoms with Gasteiger partial charge in [-0.15, -0.1) is 10.2 Å². The van der Waals surface area contributed by atoms with Gasteiger partial charge in [0.1, 0.15) is 6.33 Å². The Balaban J connectivity index is 1.82. The van der Waals surface area contributed by atoms with E-state index in [-0.39, 0.29) is 11.0 Å². The van der Waals surface area contributed by atoms with Gasteiger partial charge in [0.2, 0.25) is 0 Å². The second kappa shape index (κ2) is 7.20. The van der Waals surface area contributed by atoms with Gasteiger partial charge in [0.05, 0.1) is 10.9 Å². The van der Waals surface area contributed by atoms with Crippen molar-refractivity contribution in [2.45, 2.75) is 24.3 Å². The minimum atomic E-state index is -0.279.